The zero-order chi connectivity index (χ0) is 15.6. The number of rotatable bonds is 5. The lowest BCUT2D eigenvalue weighted by molar-refractivity contribution is -0.249. The summed E-state index contributed by atoms with van der Waals surface area (Å²) in [6.45, 7) is 2.46. The van der Waals surface area contributed by atoms with E-state index in [1.165, 1.54) is 0 Å². The zero-order valence-corrected chi connectivity index (χ0v) is 11.1. The first-order valence-electron chi connectivity index (χ1n) is 6.32. The highest BCUT2D eigenvalue weighted by molar-refractivity contribution is 5.84. The smallest absolute Gasteiger partial charge is 0.347 e. The van der Waals surface area contributed by atoms with Gasteiger partial charge in [-0.3, -0.25) is 9.59 Å². The molecule has 0 radical (unpaired) electrons. The molecule has 1 saturated carbocycles. The Balaban J connectivity index is 2.08. The number of aliphatic carboxylic acids is 1. The third kappa shape index (κ3) is 3.04. The second-order valence-electron chi connectivity index (χ2n) is 4.97. The van der Waals surface area contributed by atoms with Crippen molar-refractivity contribution >= 4 is 23.9 Å². The van der Waals surface area contributed by atoms with E-state index in [9.17, 15) is 24.3 Å². The average molecular weight is 298 g/mol. The molecule has 2 rings (SSSR count). The third-order valence-electron chi connectivity index (χ3n) is 3.50. The van der Waals surface area contributed by atoms with Crippen LogP contribution in [0.5, 0.6) is 0 Å². The first-order valence-corrected chi connectivity index (χ1v) is 6.32. The van der Waals surface area contributed by atoms with Crippen LogP contribution < -0.4 is 0 Å². The molecule has 1 aliphatic heterocycles. The molecule has 0 aromatic carbocycles. The summed E-state index contributed by atoms with van der Waals surface area (Å²) < 4.78 is 14.6. The summed E-state index contributed by atoms with van der Waals surface area (Å²) in [4.78, 5) is 45.3. The first kappa shape index (κ1) is 15.0. The van der Waals surface area contributed by atoms with Gasteiger partial charge in [-0.2, -0.15) is 0 Å². The van der Waals surface area contributed by atoms with Gasteiger partial charge in [0.1, 0.15) is 5.92 Å². The Morgan fingerprint density at radius 1 is 1.48 bits per heavy atom. The van der Waals surface area contributed by atoms with Gasteiger partial charge in [0, 0.05) is 18.9 Å². The number of ether oxygens (including phenoxy) is 3. The van der Waals surface area contributed by atoms with Crippen LogP contribution in [0.1, 0.15) is 19.3 Å². The highest BCUT2D eigenvalue weighted by Crippen LogP contribution is 2.48. The molecule has 3 atom stereocenters. The second-order valence-corrected chi connectivity index (χ2v) is 4.97. The predicted molar refractivity (Wildman–Crippen MR) is 64.5 cm³/mol. The van der Waals surface area contributed by atoms with Gasteiger partial charge in [0.15, 0.2) is 6.61 Å². The summed E-state index contributed by atoms with van der Waals surface area (Å²) in [6, 6.07) is 0. The van der Waals surface area contributed by atoms with E-state index in [4.69, 9.17) is 9.47 Å². The quantitative estimate of drug-likeness (QED) is 0.557. The first-order chi connectivity index (χ1) is 9.86. The van der Waals surface area contributed by atoms with E-state index < -0.39 is 42.2 Å². The summed E-state index contributed by atoms with van der Waals surface area (Å²) in [5.74, 6) is -6.72. The largest absolute Gasteiger partial charge is 0.481 e. The van der Waals surface area contributed by atoms with Crippen molar-refractivity contribution in [2.45, 2.75) is 25.0 Å². The number of fused-ring (bicyclic) bond motifs is 2. The molecule has 3 unspecified atom stereocenters. The van der Waals surface area contributed by atoms with E-state index in [-0.39, 0.29) is 25.2 Å². The molecule has 2 aliphatic rings. The van der Waals surface area contributed by atoms with E-state index in [1.807, 2.05) is 0 Å². The molecule has 0 aromatic heterocycles. The third-order valence-corrected chi connectivity index (χ3v) is 3.50. The fourth-order valence-corrected chi connectivity index (χ4v) is 2.71. The van der Waals surface area contributed by atoms with Crippen molar-refractivity contribution in [1.82, 2.24) is 0 Å². The summed E-state index contributed by atoms with van der Waals surface area (Å²) in [5, 5.41) is 9.20. The fraction of sp³-hybridized carbons (Fsp3) is 0.538. The lowest BCUT2D eigenvalue weighted by atomic mass is 10.0. The van der Waals surface area contributed by atoms with E-state index >= 15 is 0 Å². The SMILES string of the molecule is C=CC(=O)OCC(=O)OC12CC(CC(=O)O1)CC2C(=O)O. The molecule has 114 valence electrons. The molecule has 0 aromatic rings. The van der Waals surface area contributed by atoms with Gasteiger partial charge in [-0.1, -0.05) is 6.58 Å². The van der Waals surface area contributed by atoms with Gasteiger partial charge in [0.25, 0.3) is 5.79 Å². The van der Waals surface area contributed by atoms with Crippen LogP contribution in [0, 0.1) is 11.8 Å². The summed E-state index contributed by atoms with van der Waals surface area (Å²) in [6.07, 6.45) is 1.31. The average Bonchev–Trinajstić information content (AvgIpc) is 2.67. The molecular weight excluding hydrogens is 284 g/mol. The van der Waals surface area contributed by atoms with Crippen molar-refractivity contribution in [2.24, 2.45) is 11.8 Å². The van der Waals surface area contributed by atoms with Crippen molar-refractivity contribution in [3.8, 4) is 0 Å². The molecule has 2 fully saturated rings. The number of hydrogen-bond donors (Lipinski definition) is 1. The predicted octanol–water partition coefficient (Wildman–Crippen LogP) is 0.0128. The number of carboxylic acid groups (broad SMARTS) is 1. The molecule has 1 aliphatic carbocycles. The molecule has 1 N–H and O–H groups in total. The second kappa shape index (κ2) is 5.55. The van der Waals surface area contributed by atoms with Crippen molar-refractivity contribution < 1.29 is 38.5 Å². The standard InChI is InChI=1S/C13H14O8/c1-2-9(14)19-6-11(16)21-13-5-7(4-10(15)20-13)3-8(13)12(17)18/h2,7-8H,1,3-6H2,(H,17,18). The maximum atomic E-state index is 11.7. The van der Waals surface area contributed by atoms with Crippen LogP contribution in [0.25, 0.3) is 0 Å². The Morgan fingerprint density at radius 3 is 2.81 bits per heavy atom. The molecule has 0 amide bonds. The van der Waals surface area contributed by atoms with Gasteiger partial charge in [-0.05, 0) is 12.3 Å². The summed E-state index contributed by atoms with van der Waals surface area (Å²) >= 11 is 0. The number of hydrogen-bond acceptors (Lipinski definition) is 7. The summed E-state index contributed by atoms with van der Waals surface area (Å²) in [7, 11) is 0. The Hall–Kier alpha value is -2.38. The molecule has 21 heavy (non-hydrogen) atoms. The lowest BCUT2D eigenvalue weighted by Gasteiger charge is -2.34. The summed E-state index contributed by atoms with van der Waals surface area (Å²) in [5.41, 5.74) is 0. The van der Waals surface area contributed by atoms with Crippen LogP contribution >= 0.6 is 0 Å². The minimum atomic E-state index is -1.80. The lowest BCUT2D eigenvalue weighted by Crippen LogP contribution is -2.48. The zero-order valence-electron chi connectivity index (χ0n) is 11.1. The Bertz CT molecular complexity index is 510. The van der Waals surface area contributed by atoms with Crippen molar-refractivity contribution in [3.63, 3.8) is 0 Å². The highest BCUT2D eigenvalue weighted by atomic mass is 16.7. The van der Waals surface area contributed by atoms with Crippen molar-refractivity contribution in [1.29, 1.82) is 0 Å². The van der Waals surface area contributed by atoms with Gasteiger partial charge in [-0.15, -0.1) is 0 Å². The van der Waals surface area contributed by atoms with Gasteiger partial charge < -0.3 is 19.3 Å². The van der Waals surface area contributed by atoms with Crippen LogP contribution in [0.2, 0.25) is 0 Å². The molecule has 0 spiro atoms. The monoisotopic (exact) mass is 298 g/mol. The highest BCUT2D eigenvalue weighted by Gasteiger charge is 2.60. The number of carbonyl (C=O) groups excluding carboxylic acids is 3. The Kier molecular flexibility index (Phi) is 3.97. The number of esters is 3. The van der Waals surface area contributed by atoms with Gasteiger partial charge in [0.05, 0.1) is 0 Å². The van der Waals surface area contributed by atoms with Gasteiger partial charge in [-0.25, -0.2) is 9.59 Å². The molecule has 8 heteroatoms. The maximum Gasteiger partial charge on any atom is 0.347 e. The number of carbonyl (C=O) groups is 4. The minimum absolute atomic E-state index is 0.106. The van der Waals surface area contributed by atoms with Crippen LogP contribution in [0.15, 0.2) is 12.7 Å². The van der Waals surface area contributed by atoms with Gasteiger partial charge in [0.2, 0.25) is 0 Å². The van der Waals surface area contributed by atoms with Crippen LogP contribution in [-0.4, -0.2) is 41.4 Å². The van der Waals surface area contributed by atoms with Crippen LogP contribution in [0.4, 0.5) is 0 Å². The molecule has 8 nitrogen and oxygen atoms in total. The molecule has 2 bridgehead atoms. The normalized spacial score (nSPS) is 30.2. The minimum Gasteiger partial charge on any atom is -0.481 e. The van der Waals surface area contributed by atoms with Crippen LogP contribution in [-0.2, 0) is 33.4 Å². The maximum absolute atomic E-state index is 11.7. The van der Waals surface area contributed by atoms with E-state index in [1.54, 1.807) is 0 Å². The van der Waals surface area contributed by atoms with E-state index in [0.29, 0.717) is 0 Å². The topological polar surface area (TPSA) is 116 Å². The molecule has 1 heterocycles. The van der Waals surface area contributed by atoms with Crippen molar-refractivity contribution in [2.75, 3.05) is 6.61 Å². The van der Waals surface area contributed by atoms with Crippen molar-refractivity contribution in [3.05, 3.63) is 12.7 Å². The fourth-order valence-electron chi connectivity index (χ4n) is 2.71. The molecular formula is C13H14O8. The Morgan fingerprint density at radius 2 is 2.19 bits per heavy atom. The number of carboxylic acids is 1. The van der Waals surface area contributed by atoms with Crippen LogP contribution in [0.3, 0.4) is 0 Å². The Labute approximate surface area is 119 Å². The molecule has 1 saturated heterocycles. The van der Waals surface area contributed by atoms with Gasteiger partial charge >= 0.3 is 23.9 Å². The van der Waals surface area contributed by atoms with E-state index in [0.717, 1.165) is 6.08 Å². The van der Waals surface area contributed by atoms with E-state index in [2.05, 4.69) is 11.3 Å².